The summed E-state index contributed by atoms with van der Waals surface area (Å²) in [5.74, 6) is 0.431. The molecule has 2 aromatic rings. The van der Waals surface area contributed by atoms with E-state index in [9.17, 15) is 4.39 Å². The van der Waals surface area contributed by atoms with Crippen molar-refractivity contribution in [3.05, 3.63) is 17.9 Å². The molecule has 1 aromatic heterocycles. The second-order valence-corrected chi connectivity index (χ2v) is 4.41. The first-order valence-electron chi connectivity index (χ1n) is 5.52. The summed E-state index contributed by atoms with van der Waals surface area (Å²) < 4.78 is 15.1. The Morgan fingerprint density at radius 3 is 3.00 bits per heavy atom. The number of halogens is 1. The van der Waals surface area contributed by atoms with Crippen molar-refractivity contribution in [3.63, 3.8) is 0 Å². The molecule has 0 amide bonds. The molecule has 0 aliphatic heterocycles. The van der Waals surface area contributed by atoms with Crippen molar-refractivity contribution in [2.24, 2.45) is 5.92 Å². The van der Waals surface area contributed by atoms with Crippen molar-refractivity contribution in [3.8, 4) is 0 Å². The van der Waals surface area contributed by atoms with Gasteiger partial charge in [-0.1, -0.05) is 18.1 Å². The highest BCUT2D eigenvalue weighted by atomic mass is 19.1. The Bertz CT molecular complexity index is 530. The highest BCUT2D eigenvalue weighted by molar-refractivity contribution is 5.78. The second-order valence-electron chi connectivity index (χ2n) is 4.41. The first kappa shape index (κ1) is 9.57. The van der Waals surface area contributed by atoms with Crippen LogP contribution in [0, 0.1) is 11.7 Å². The summed E-state index contributed by atoms with van der Waals surface area (Å²) in [5.41, 5.74) is 6.99. The molecule has 0 radical (unpaired) electrons. The molecular weight excluding hydrogens is 207 g/mol. The number of nitrogen functional groups attached to an aromatic ring is 1. The van der Waals surface area contributed by atoms with Gasteiger partial charge in [-0.15, -0.1) is 5.10 Å². The summed E-state index contributed by atoms with van der Waals surface area (Å²) >= 11 is 0. The van der Waals surface area contributed by atoms with Crippen LogP contribution in [-0.2, 0) is 6.54 Å². The van der Waals surface area contributed by atoms with E-state index in [2.05, 4.69) is 10.3 Å². The largest absolute Gasteiger partial charge is 0.396 e. The van der Waals surface area contributed by atoms with E-state index in [4.69, 9.17) is 5.73 Å². The number of hydrogen-bond donors (Lipinski definition) is 1. The molecule has 0 unspecified atom stereocenters. The molecule has 1 aliphatic carbocycles. The Morgan fingerprint density at radius 2 is 2.25 bits per heavy atom. The Morgan fingerprint density at radius 1 is 1.44 bits per heavy atom. The van der Waals surface area contributed by atoms with E-state index in [1.54, 1.807) is 4.68 Å². The van der Waals surface area contributed by atoms with Gasteiger partial charge < -0.3 is 5.73 Å². The molecule has 5 heteroatoms. The van der Waals surface area contributed by atoms with Crippen molar-refractivity contribution in [1.82, 2.24) is 15.0 Å². The van der Waals surface area contributed by atoms with E-state index in [1.807, 2.05) is 0 Å². The van der Waals surface area contributed by atoms with Crippen LogP contribution in [0.25, 0.3) is 11.0 Å². The minimum Gasteiger partial charge on any atom is -0.396 e. The van der Waals surface area contributed by atoms with Gasteiger partial charge in [0.2, 0.25) is 0 Å². The van der Waals surface area contributed by atoms with Crippen molar-refractivity contribution in [2.75, 3.05) is 5.73 Å². The number of nitrogens with two attached hydrogens (primary N) is 1. The van der Waals surface area contributed by atoms with Crippen LogP contribution in [-0.4, -0.2) is 15.0 Å². The SMILES string of the molecule is Nc1cc2nnn(CCC3CC3)c2cc1F. The van der Waals surface area contributed by atoms with E-state index in [1.165, 1.54) is 25.0 Å². The Kier molecular flexibility index (Phi) is 2.05. The zero-order chi connectivity index (χ0) is 11.1. The molecule has 0 bridgehead atoms. The van der Waals surface area contributed by atoms with Crippen molar-refractivity contribution < 1.29 is 4.39 Å². The minimum absolute atomic E-state index is 0.127. The van der Waals surface area contributed by atoms with Crippen LogP contribution in [0.5, 0.6) is 0 Å². The van der Waals surface area contributed by atoms with E-state index < -0.39 is 5.82 Å². The van der Waals surface area contributed by atoms with Gasteiger partial charge >= 0.3 is 0 Å². The summed E-state index contributed by atoms with van der Waals surface area (Å²) in [5, 5.41) is 8.01. The summed E-state index contributed by atoms with van der Waals surface area (Å²) in [4.78, 5) is 0. The van der Waals surface area contributed by atoms with Gasteiger partial charge in [0.05, 0.1) is 11.2 Å². The van der Waals surface area contributed by atoms with Gasteiger partial charge in [-0.2, -0.15) is 0 Å². The van der Waals surface area contributed by atoms with Gasteiger partial charge in [0.25, 0.3) is 0 Å². The van der Waals surface area contributed by atoms with Crippen LogP contribution in [0.15, 0.2) is 12.1 Å². The van der Waals surface area contributed by atoms with E-state index in [0.29, 0.717) is 5.52 Å². The fourth-order valence-corrected chi connectivity index (χ4v) is 1.88. The summed E-state index contributed by atoms with van der Waals surface area (Å²) in [6, 6.07) is 2.95. The Labute approximate surface area is 92.2 Å². The maximum Gasteiger partial charge on any atom is 0.148 e. The summed E-state index contributed by atoms with van der Waals surface area (Å²) in [6.45, 7) is 0.810. The maximum atomic E-state index is 13.3. The maximum absolute atomic E-state index is 13.3. The second kappa shape index (κ2) is 3.43. The monoisotopic (exact) mass is 220 g/mol. The van der Waals surface area contributed by atoms with Crippen LogP contribution < -0.4 is 5.73 Å². The van der Waals surface area contributed by atoms with Crippen LogP contribution >= 0.6 is 0 Å². The molecule has 16 heavy (non-hydrogen) atoms. The molecule has 1 aliphatic rings. The van der Waals surface area contributed by atoms with Crippen LogP contribution in [0.3, 0.4) is 0 Å². The molecular formula is C11H13FN4. The molecule has 3 rings (SSSR count). The summed E-state index contributed by atoms with van der Waals surface area (Å²) in [7, 11) is 0. The van der Waals surface area contributed by atoms with E-state index >= 15 is 0 Å². The zero-order valence-corrected chi connectivity index (χ0v) is 8.86. The molecule has 1 saturated carbocycles. The number of nitrogens with zero attached hydrogens (tertiary/aromatic N) is 3. The third-order valence-corrected chi connectivity index (χ3v) is 3.08. The van der Waals surface area contributed by atoms with Gasteiger partial charge in [0, 0.05) is 12.6 Å². The molecule has 0 saturated heterocycles. The lowest BCUT2D eigenvalue weighted by Crippen LogP contribution is -2.01. The summed E-state index contributed by atoms with van der Waals surface area (Å²) in [6.07, 6.45) is 3.73. The molecule has 0 spiro atoms. The Hall–Kier alpha value is -1.65. The third-order valence-electron chi connectivity index (χ3n) is 3.08. The van der Waals surface area contributed by atoms with Gasteiger partial charge in [0.1, 0.15) is 11.3 Å². The van der Waals surface area contributed by atoms with Crippen molar-refractivity contribution >= 4 is 16.7 Å². The first-order chi connectivity index (χ1) is 7.74. The average Bonchev–Trinajstić information content (AvgIpc) is 3.01. The highest BCUT2D eigenvalue weighted by Crippen LogP contribution is 2.33. The smallest absolute Gasteiger partial charge is 0.148 e. The van der Waals surface area contributed by atoms with Gasteiger partial charge in [-0.25, -0.2) is 9.07 Å². The molecule has 1 fully saturated rings. The number of rotatable bonds is 3. The fourth-order valence-electron chi connectivity index (χ4n) is 1.88. The first-order valence-corrected chi connectivity index (χ1v) is 5.52. The van der Waals surface area contributed by atoms with Gasteiger partial charge in [-0.05, 0) is 18.4 Å². The normalized spacial score (nSPS) is 15.8. The van der Waals surface area contributed by atoms with Gasteiger partial charge in [0.15, 0.2) is 0 Å². The quantitative estimate of drug-likeness (QED) is 0.804. The molecule has 4 nitrogen and oxygen atoms in total. The number of aromatic nitrogens is 3. The van der Waals surface area contributed by atoms with Crippen LogP contribution in [0.4, 0.5) is 10.1 Å². The lowest BCUT2D eigenvalue weighted by atomic mass is 10.2. The number of hydrogen-bond acceptors (Lipinski definition) is 3. The van der Waals surface area contributed by atoms with Crippen molar-refractivity contribution in [2.45, 2.75) is 25.8 Å². The average molecular weight is 220 g/mol. The fraction of sp³-hybridized carbons (Fsp3) is 0.455. The minimum atomic E-state index is -0.400. The highest BCUT2D eigenvalue weighted by Gasteiger charge is 2.21. The van der Waals surface area contributed by atoms with E-state index in [0.717, 1.165) is 24.4 Å². The van der Waals surface area contributed by atoms with Crippen molar-refractivity contribution in [1.29, 1.82) is 0 Å². The number of benzene rings is 1. The third kappa shape index (κ3) is 1.62. The molecule has 1 heterocycles. The molecule has 1 aromatic carbocycles. The van der Waals surface area contributed by atoms with Crippen LogP contribution in [0.2, 0.25) is 0 Å². The zero-order valence-electron chi connectivity index (χ0n) is 8.86. The molecule has 2 N–H and O–H groups in total. The molecule has 84 valence electrons. The standard InChI is InChI=1S/C11H13FN4/c12-8-5-11-10(6-9(8)13)14-15-16(11)4-3-7-1-2-7/h5-7H,1-4,13H2. The van der Waals surface area contributed by atoms with E-state index in [-0.39, 0.29) is 5.69 Å². The number of fused-ring (bicyclic) bond motifs is 1. The predicted molar refractivity (Wildman–Crippen MR) is 59.2 cm³/mol. The van der Waals surface area contributed by atoms with Gasteiger partial charge in [-0.3, -0.25) is 0 Å². The number of anilines is 1. The van der Waals surface area contributed by atoms with Crippen LogP contribution in [0.1, 0.15) is 19.3 Å². The topological polar surface area (TPSA) is 56.7 Å². The predicted octanol–water partition coefficient (Wildman–Crippen LogP) is 1.95. The Balaban J connectivity index is 1.94. The lowest BCUT2D eigenvalue weighted by molar-refractivity contribution is 0.543. The number of aryl methyl sites for hydroxylation is 1. The molecule has 0 atom stereocenters. The lowest BCUT2D eigenvalue weighted by Gasteiger charge is -2.01.